The summed E-state index contributed by atoms with van der Waals surface area (Å²) in [6.45, 7) is 1.64. The SMILES string of the molecule is Cc1nn(CC(=O)c2ccc(C#N)cc2)c(=O)s1. The fourth-order valence-electron chi connectivity index (χ4n) is 1.47. The summed E-state index contributed by atoms with van der Waals surface area (Å²) in [6, 6.07) is 8.27. The summed E-state index contributed by atoms with van der Waals surface area (Å²) in [4.78, 5) is 23.1. The van der Waals surface area contributed by atoms with E-state index in [1.807, 2.05) is 6.07 Å². The molecule has 18 heavy (non-hydrogen) atoms. The number of nitriles is 1. The highest BCUT2D eigenvalue weighted by Crippen LogP contribution is 2.05. The molecule has 2 aromatic rings. The molecule has 0 radical (unpaired) electrons. The minimum Gasteiger partial charge on any atom is -0.292 e. The predicted octanol–water partition coefficient (Wildman–Crippen LogP) is 1.37. The summed E-state index contributed by atoms with van der Waals surface area (Å²) < 4.78 is 1.15. The van der Waals surface area contributed by atoms with Crippen LogP contribution in [-0.2, 0) is 6.54 Å². The van der Waals surface area contributed by atoms with Gasteiger partial charge in [0.2, 0.25) is 0 Å². The van der Waals surface area contributed by atoms with Crippen LogP contribution in [0.5, 0.6) is 0 Å². The predicted molar refractivity (Wildman–Crippen MR) is 66.6 cm³/mol. The summed E-state index contributed by atoms with van der Waals surface area (Å²) in [7, 11) is 0. The second-order valence-corrected chi connectivity index (χ2v) is 4.80. The van der Waals surface area contributed by atoms with E-state index in [2.05, 4.69) is 5.10 Å². The maximum atomic E-state index is 11.9. The number of rotatable bonds is 3. The van der Waals surface area contributed by atoms with Crippen LogP contribution in [0.2, 0.25) is 0 Å². The van der Waals surface area contributed by atoms with E-state index in [4.69, 9.17) is 5.26 Å². The molecule has 0 aliphatic rings. The third-order valence-electron chi connectivity index (χ3n) is 2.34. The van der Waals surface area contributed by atoms with Crippen molar-refractivity contribution in [3.63, 3.8) is 0 Å². The van der Waals surface area contributed by atoms with Crippen LogP contribution < -0.4 is 4.87 Å². The second kappa shape index (κ2) is 4.94. The molecule has 1 heterocycles. The summed E-state index contributed by atoms with van der Waals surface area (Å²) in [5.74, 6) is -0.202. The zero-order chi connectivity index (χ0) is 13.1. The highest BCUT2D eigenvalue weighted by Gasteiger charge is 2.10. The van der Waals surface area contributed by atoms with Crippen LogP contribution in [-0.4, -0.2) is 15.6 Å². The average molecular weight is 259 g/mol. The van der Waals surface area contributed by atoms with Gasteiger partial charge in [0.15, 0.2) is 5.78 Å². The summed E-state index contributed by atoms with van der Waals surface area (Å²) >= 11 is 1.01. The molecule has 0 fully saturated rings. The first kappa shape index (κ1) is 12.2. The average Bonchev–Trinajstić information content (AvgIpc) is 2.68. The summed E-state index contributed by atoms with van der Waals surface area (Å²) in [6.07, 6.45) is 0. The number of aryl methyl sites for hydroxylation is 1. The molecule has 0 saturated heterocycles. The zero-order valence-electron chi connectivity index (χ0n) is 9.58. The number of ketones is 1. The monoisotopic (exact) mass is 259 g/mol. The summed E-state index contributed by atoms with van der Waals surface area (Å²) in [5.41, 5.74) is 0.958. The Hall–Kier alpha value is -2.26. The van der Waals surface area contributed by atoms with Crippen LogP contribution in [0.1, 0.15) is 20.9 Å². The molecule has 6 heteroatoms. The first-order valence-corrected chi connectivity index (χ1v) is 5.99. The van der Waals surface area contributed by atoms with Gasteiger partial charge in [0.05, 0.1) is 11.6 Å². The Balaban J connectivity index is 2.19. The van der Waals surface area contributed by atoms with E-state index in [1.54, 1.807) is 31.2 Å². The molecule has 0 spiro atoms. The van der Waals surface area contributed by atoms with Crippen LogP contribution in [0, 0.1) is 18.3 Å². The molecule has 90 valence electrons. The Kier molecular flexibility index (Phi) is 3.35. The van der Waals surface area contributed by atoms with Gasteiger partial charge in [-0.25, -0.2) is 4.68 Å². The minimum absolute atomic E-state index is 0.0743. The molecule has 0 N–H and O–H groups in total. The topological polar surface area (TPSA) is 75.8 Å². The van der Waals surface area contributed by atoms with E-state index in [9.17, 15) is 9.59 Å². The quantitative estimate of drug-likeness (QED) is 0.780. The van der Waals surface area contributed by atoms with Gasteiger partial charge < -0.3 is 0 Å². The molecule has 5 nitrogen and oxygen atoms in total. The van der Waals surface area contributed by atoms with Crippen molar-refractivity contribution in [1.29, 1.82) is 5.26 Å². The van der Waals surface area contributed by atoms with Crippen molar-refractivity contribution in [3.8, 4) is 6.07 Å². The van der Waals surface area contributed by atoms with Crippen molar-refractivity contribution < 1.29 is 4.79 Å². The molecule has 1 aromatic heterocycles. The maximum absolute atomic E-state index is 11.9. The number of benzene rings is 1. The molecule has 1 aromatic carbocycles. The molecule has 0 saturated carbocycles. The Morgan fingerprint density at radius 2 is 2.11 bits per heavy atom. The molecule has 0 amide bonds. The Morgan fingerprint density at radius 1 is 1.44 bits per heavy atom. The second-order valence-electron chi connectivity index (χ2n) is 3.66. The normalized spacial score (nSPS) is 10.0. The van der Waals surface area contributed by atoms with Crippen LogP contribution in [0.15, 0.2) is 29.1 Å². The largest absolute Gasteiger partial charge is 0.325 e. The molecule has 0 aliphatic heterocycles. The van der Waals surface area contributed by atoms with E-state index in [1.165, 1.54) is 0 Å². The highest BCUT2D eigenvalue weighted by molar-refractivity contribution is 7.08. The number of aromatic nitrogens is 2. The van der Waals surface area contributed by atoms with Crippen LogP contribution >= 0.6 is 11.3 Å². The van der Waals surface area contributed by atoms with Crippen molar-refractivity contribution in [3.05, 3.63) is 50.1 Å². The number of nitrogens with zero attached hydrogens (tertiary/aromatic N) is 3. The van der Waals surface area contributed by atoms with E-state index >= 15 is 0 Å². The fraction of sp³-hybridized carbons (Fsp3) is 0.167. The number of Topliss-reactive ketones (excluding diaryl/α,β-unsaturated/α-hetero) is 1. The van der Waals surface area contributed by atoms with Gasteiger partial charge in [0.1, 0.15) is 11.6 Å². The lowest BCUT2D eigenvalue weighted by Crippen LogP contribution is -2.20. The van der Waals surface area contributed by atoms with E-state index in [0.717, 1.165) is 16.0 Å². The molecule has 0 atom stereocenters. The van der Waals surface area contributed by atoms with E-state index in [0.29, 0.717) is 16.1 Å². The Labute approximate surface area is 107 Å². The van der Waals surface area contributed by atoms with E-state index in [-0.39, 0.29) is 17.2 Å². The zero-order valence-corrected chi connectivity index (χ0v) is 10.4. The first-order valence-electron chi connectivity index (χ1n) is 5.18. The Bertz CT molecular complexity index is 677. The lowest BCUT2D eigenvalue weighted by molar-refractivity contribution is 0.0966. The van der Waals surface area contributed by atoms with Crippen LogP contribution in [0.25, 0.3) is 0 Å². The van der Waals surface area contributed by atoms with Gasteiger partial charge in [0, 0.05) is 5.56 Å². The number of hydrogen-bond acceptors (Lipinski definition) is 5. The third-order valence-corrected chi connectivity index (χ3v) is 3.10. The molecule has 0 unspecified atom stereocenters. The standard InChI is InChI=1S/C12H9N3O2S/c1-8-14-15(12(17)18-8)7-11(16)10-4-2-9(6-13)3-5-10/h2-5H,7H2,1H3. The van der Waals surface area contributed by atoms with Gasteiger partial charge in [-0.05, 0) is 19.1 Å². The van der Waals surface area contributed by atoms with Crippen LogP contribution in [0.3, 0.4) is 0 Å². The molecular formula is C12H9N3O2S. The smallest absolute Gasteiger partial charge is 0.292 e. The van der Waals surface area contributed by atoms with Crippen molar-refractivity contribution in [2.75, 3.05) is 0 Å². The first-order chi connectivity index (χ1) is 8.60. The highest BCUT2D eigenvalue weighted by atomic mass is 32.1. The van der Waals surface area contributed by atoms with Crippen LogP contribution in [0.4, 0.5) is 0 Å². The summed E-state index contributed by atoms with van der Waals surface area (Å²) in [5, 5.41) is 13.2. The Morgan fingerprint density at radius 3 is 2.61 bits per heavy atom. The van der Waals surface area contributed by atoms with Gasteiger partial charge in [0.25, 0.3) is 0 Å². The van der Waals surface area contributed by atoms with Crippen molar-refractivity contribution in [1.82, 2.24) is 9.78 Å². The maximum Gasteiger partial charge on any atom is 0.325 e. The van der Waals surface area contributed by atoms with Gasteiger partial charge in [-0.1, -0.05) is 23.5 Å². The third kappa shape index (κ3) is 2.52. The number of carbonyl (C=O) groups excluding carboxylic acids is 1. The lowest BCUT2D eigenvalue weighted by Gasteiger charge is -2.00. The molecular weight excluding hydrogens is 250 g/mol. The van der Waals surface area contributed by atoms with Gasteiger partial charge >= 0.3 is 4.87 Å². The minimum atomic E-state index is -0.241. The molecule has 0 aliphatic carbocycles. The van der Waals surface area contributed by atoms with Crippen molar-refractivity contribution in [2.45, 2.75) is 13.5 Å². The van der Waals surface area contributed by atoms with Gasteiger partial charge in [-0.3, -0.25) is 9.59 Å². The van der Waals surface area contributed by atoms with E-state index < -0.39 is 0 Å². The number of hydrogen-bond donors (Lipinski definition) is 0. The number of carbonyl (C=O) groups is 1. The molecule has 0 bridgehead atoms. The van der Waals surface area contributed by atoms with Gasteiger partial charge in [-0.15, -0.1) is 0 Å². The van der Waals surface area contributed by atoms with Crippen molar-refractivity contribution >= 4 is 17.1 Å². The lowest BCUT2D eigenvalue weighted by atomic mass is 10.1. The molecule has 2 rings (SSSR count). The van der Waals surface area contributed by atoms with Crippen molar-refractivity contribution in [2.24, 2.45) is 0 Å². The van der Waals surface area contributed by atoms with Gasteiger partial charge in [-0.2, -0.15) is 10.4 Å². The fourth-order valence-corrected chi connectivity index (χ4v) is 2.07.